The highest BCUT2D eigenvalue weighted by molar-refractivity contribution is 7.99. The van der Waals surface area contributed by atoms with Crippen molar-refractivity contribution in [2.75, 3.05) is 23.9 Å². The molecule has 2 nitrogen and oxygen atoms in total. The molecule has 1 aromatic rings. The lowest BCUT2D eigenvalue weighted by molar-refractivity contribution is 1.00. The smallest absolute Gasteiger partial charge is 0.0390 e. The molecule has 1 atom stereocenters. The maximum absolute atomic E-state index is 5.72. The zero-order chi connectivity index (χ0) is 10.6. The van der Waals surface area contributed by atoms with Gasteiger partial charge in [0.2, 0.25) is 0 Å². The quantitative estimate of drug-likeness (QED) is 0.750. The molecule has 0 fully saturated rings. The van der Waals surface area contributed by atoms with Crippen molar-refractivity contribution in [3.63, 3.8) is 0 Å². The number of nitrogen functional groups attached to an aromatic ring is 1. The molecule has 3 heteroatoms. The Morgan fingerprint density at radius 3 is 2.86 bits per heavy atom. The number of hydrogen-bond donors (Lipinski definition) is 2. The zero-order valence-corrected chi connectivity index (χ0v) is 9.82. The average Bonchev–Trinajstić information content (AvgIpc) is 2.19. The van der Waals surface area contributed by atoms with Gasteiger partial charge >= 0.3 is 0 Å². The monoisotopic (exact) mass is 210 g/mol. The van der Waals surface area contributed by atoms with Crippen LogP contribution < -0.4 is 11.1 Å². The first kappa shape index (κ1) is 11.2. The van der Waals surface area contributed by atoms with E-state index in [0.29, 0.717) is 5.25 Å². The van der Waals surface area contributed by atoms with Crippen LogP contribution in [0.2, 0.25) is 0 Å². The molecule has 1 unspecified atom stereocenters. The number of nitrogens with one attached hydrogen (secondary N) is 1. The predicted octanol–water partition coefficient (Wildman–Crippen LogP) is 2.74. The van der Waals surface area contributed by atoms with E-state index >= 15 is 0 Å². The summed E-state index contributed by atoms with van der Waals surface area (Å²) in [6.45, 7) is 5.27. The van der Waals surface area contributed by atoms with Gasteiger partial charge in [-0.25, -0.2) is 0 Å². The van der Waals surface area contributed by atoms with Gasteiger partial charge in [-0.1, -0.05) is 13.0 Å². The Morgan fingerprint density at radius 2 is 2.21 bits per heavy atom. The van der Waals surface area contributed by atoms with Crippen molar-refractivity contribution in [1.29, 1.82) is 0 Å². The standard InChI is InChI=1S/C11H18N2S/c1-8-4-5-10(12)6-11(8)13-7-9(2)14-3/h4-6,9,13H,7,12H2,1-3H3. The summed E-state index contributed by atoms with van der Waals surface area (Å²) in [5.74, 6) is 0. The third kappa shape index (κ3) is 3.14. The largest absolute Gasteiger partial charge is 0.399 e. The highest BCUT2D eigenvalue weighted by atomic mass is 32.2. The molecule has 0 amide bonds. The summed E-state index contributed by atoms with van der Waals surface area (Å²) in [7, 11) is 0. The first-order chi connectivity index (χ1) is 6.63. The van der Waals surface area contributed by atoms with E-state index in [4.69, 9.17) is 5.73 Å². The minimum atomic E-state index is 0.621. The fourth-order valence-electron chi connectivity index (χ4n) is 1.17. The van der Waals surface area contributed by atoms with Gasteiger partial charge in [0.25, 0.3) is 0 Å². The van der Waals surface area contributed by atoms with Crippen molar-refractivity contribution in [3.8, 4) is 0 Å². The highest BCUT2D eigenvalue weighted by Crippen LogP contribution is 2.18. The second kappa shape index (κ2) is 5.15. The summed E-state index contributed by atoms with van der Waals surface area (Å²) in [4.78, 5) is 0. The summed E-state index contributed by atoms with van der Waals surface area (Å²) in [5, 5.41) is 4.02. The van der Waals surface area contributed by atoms with E-state index in [0.717, 1.165) is 17.9 Å². The first-order valence-electron chi connectivity index (χ1n) is 4.76. The number of anilines is 2. The molecular weight excluding hydrogens is 192 g/mol. The molecule has 0 saturated heterocycles. The summed E-state index contributed by atoms with van der Waals surface area (Å²) < 4.78 is 0. The summed E-state index contributed by atoms with van der Waals surface area (Å²) in [6.07, 6.45) is 2.12. The number of aryl methyl sites for hydroxylation is 1. The number of benzene rings is 1. The Hall–Kier alpha value is -0.830. The number of hydrogen-bond acceptors (Lipinski definition) is 3. The van der Waals surface area contributed by atoms with Crippen molar-refractivity contribution < 1.29 is 0 Å². The Balaban J connectivity index is 2.62. The highest BCUT2D eigenvalue weighted by Gasteiger charge is 2.01. The van der Waals surface area contributed by atoms with Crippen LogP contribution in [-0.4, -0.2) is 18.1 Å². The van der Waals surface area contributed by atoms with Gasteiger partial charge in [-0.15, -0.1) is 0 Å². The van der Waals surface area contributed by atoms with Crippen molar-refractivity contribution >= 4 is 23.1 Å². The van der Waals surface area contributed by atoms with E-state index < -0.39 is 0 Å². The minimum Gasteiger partial charge on any atom is -0.399 e. The Kier molecular flexibility index (Phi) is 4.14. The van der Waals surface area contributed by atoms with Crippen LogP contribution in [0.15, 0.2) is 18.2 Å². The van der Waals surface area contributed by atoms with Crippen molar-refractivity contribution in [3.05, 3.63) is 23.8 Å². The fourth-order valence-corrected chi connectivity index (χ4v) is 1.42. The molecule has 3 N–H and O–H groups in total. The van der Waals surface area contributed by atoms with E-state index in [2.05, 4.69) is 25.4 Å². The average molecular weight is 210 g/mol. The van der Waals surface area contributed by atoms with E-state index in [1.165, 1.54) is 5.56 Å². The van der Waals surface area contributed by atoms with Crippen LogP contribution in [-0.2, 0) is 0 Å². The number of nitrogens with two attached hydrogens (primary N) is 1. The lowest BCUT2D eigenvalue weighted by atomic mass is 10.2. The molecule has 0 aliphatic rings. The SMILES string of the molecule is CSC(C)CNc1cc(N)ccc1C. The molecule has 0 aliphatic carbocycles. The molecule has 0 saturated carbocycles. The topological polar surface area (TPSA) is 38.0 Å². The summed E-state index contributed by atoms with van der Waals surface area (Å²) in [6, 6.07) is 5.96. The molecular formula is C11H18N2S. The maximum atomic E-state index is 5.72. The molecule has 0 aliphatic heterocycles. The molecule has 0 bridgehead atoms. The van der Waals surface area contributed by atoms with Crippen LogP contribution in [0.4, 0.5) is 11.4 Å². The fraction of sp³-hybridized carbons (Fsp3) is 0.455. The van der Waals surface area contributed by atoms with Gasteiger partial charge in [0, 0.05) is 23.2 Å². The second-order valence-electron chi connectivity index (χ2n) is 3.50. The summed E-state index contributed by atoms with van der Waals surface area (Å²) in [5.41, 5.74) is 8.92. The predicted molar refractivity (Wildman–Crippen MR) is 67.1 cm³/mol. The Bertz CT molecular complexity index is 299. The van der Waals surface area contributed by atoms with Gasteiger partial charge in [-0.3, -0.25) is 0 Å². The lowest BCUT2D eigenvalue weighted by Crippen LogP contribution is -2.13. The maximum Gasteiger partial charge on any atom is 0.0390 e. The van der Waals surface area contributed by atoms with Crippen LogP contribution in [0, 0.1) is 6.92 Å². The molecule has 78 valence electrons. The van der Waals surface area contributed by atoms with Gasteiger partial charge < -0.3 is 11.1 Å². The van der Waals surface area contributed by atoms with Crippen LogP contribution in [0.25, 0.3) is 0 Å². The molecule has 0 spiro atoms. The lowest BCUT2D eigenvalue weighted by Gasteiger charge is -2.13. The van der Waals surface area contributed by atoms with E-state index in [1.807, 2.05) is 30.0 Å². The van der Waals surface area contributed by atoms with Gasteiger partial charge in [0.1, 0.15) is 0 Å². The normalized spacial score (nSPS) is 12.5. The summed E-state index contributed by atoms with van der Waals surface area (Å²) >= 11 is 1.86. The molecule has 0 heterocycles. The third-order valence-electron chi connectivity index (χ3n) is 2.24. The van der Waals surface area contributed by atoms with Gasteiger partial charge in [0.05, 0.1) is 0 Å². The van der Waals surface area contributed by atoms with Crippen LogP contribution in [0.3, 0.4) is 0 Å². The van der Waals surface area contributed by atoms with Crippen molar-refractivity contribution in [1.82, 2.24) is 0 Å². The molecule has 1 aromatic carbocycles. The van der Waals surface area contributed by atoms with Gasteiger partial charge in [0.15, 0.2) is 0 Å². The zero-order valence-electron chi connectivity index (χ0n) is 9.00. The van der Waals surface area contributed by atoms with Crippen molar-refractivity contribution in [2.45, 2.75) is 19.1 Å². The Labute approximate surface area is 90.3 Å². The van der Waals surface area contributed by atoms with Crippen LogP contribution >= 0.6 is 11.8 Å². The Morgan fingerprint density at radius 1 is 1.50 bits per heavy atom. The second-order valence-corrected chi connectivity index (χ2v) is 4.78. The van der Waals surface area contributed by atoms with E-state index in [-0.39, 0.29) is 0 Å². The van der Waals surface area contributed by atoms with Gasteiger partial charge in [-0.2, -0.15) is 11.8 Å². The molecule has 14 heavy (non-hydrogen) atoms. The molecule has 0 radical (unpaired) electrons. The minimum absolute atomic E-state index is 0.621. The van der Waals surface area contributed by atoms with Crippen molar-refractivity contribution in [2.24, 2.45) is 0 Å². The molecule has 0 aromatic heterocycles. The first-order valence-corrected chi connectivity index (χ1v) is 6.05. The van der Waals surface area contributed by atoms with Crippen LogP contribution in [0.1, 0.15) is 12.5 Å². The van der Waals surface area contributed by atoms with Gasteiger partial charge in [-0.05, 0) is 30.9 Å². The molecule has 1 rings (SSSR count). The number of thioether (sulfide) groups is 1. The van der Waals surface area contributed by atoms with Crippen LogP contribution in [0.5, 0.6) is 0 Å². The van der Waals surface area contributed by atoms with E-state index in [9.17, 15) is 0 Å². The number of rotatable bonds is 4. The van der Waals surface area contributed by atoms with E-state index in [1.54, 1.807) is 0 Å². The third-order valence-corrected chi connectivity index (χ3v) is 3.22.